The number of nitrogen functional groups attached to an aromatic ring is 1. The molecule has 3 N–H and O–H groups in total. The highest BCUT2D eigenvalue weighted by Crippen LogP contribution is 2.22. The first kappa shape index (κ1) is 14.6. The normalized spacial score (nSPS) is 11.3. The van der Waals surface area contributed by atoms with Gasteiger partial charge >= 0.3 is 6.36 Å². The summed E-state index contributed by atoms with van der Waals surface area (Å²) in [6, 6.07) is 4.27. The maximum Gasteiger partial charge on any atom is 0.522 e. The summed E-state index contributed by atoms with van der Waals surface area (Å²) in [6.07, 6.45) is -4.67. The summed E-state index contributed by atoms with van der Waals surface area (Å²) in [7, 11) is 0. The molecule has 18 heavy (non-hydrogen) atoms. The van der Waals surface area contributed by atoms with E-state index in [2.05, 4.69) is 4.74 Å². The third kappa shape index (κ3) is 4.80. The van der Waals surface area contributed by atoms with E-state index in [1.54, 1.807) is 0 Å². The second-order valence-corrected chi connectivity index (χ2v) is 3.61. The molecule has 0 aliphatic carbocycles. The van der Waals surface area contributed by atoms with E-state index in [0.717, 1.165) is 0 Å². The van der Waals surface area contributed by atoms with Crippen LogP contribution in [-0.2, 0) is 4.74 Å². The Balaban J connectivity index is 2.49. The molecule has 1 rings (SSSR count). The molecule has 8 heteroatoms. The SMILES string of the molecule is N=C(N)c1ccc(OCCOC(F)(F)F)cc1Cl. The van der Waals surface area contributed by atoms with Crippen LogP contribution in [-0.4, -0.2) is 25.4 Å². The standard InChI is InChI=1S/C10H10ClF3N2O2/c11-8-5-6(1-2-7(8)9(15)16)17-3-4-18-10(12,13)14/h1-2,5H,3-4H2,(H3,15,16). The van der Waals surface area contributed by atoms with E-state index in [1.807, 2.05) is 0 Å². The van der Waals surface area contributed by atoms with Crippen LogP contribution in [0.4, 0.5) is 13.2 Å². The highest BCUT2D eigenvalue weighted by molar-refractivity contribution is 6.34. The molecule has 0 amide bonds. The zero-order valence-corrected chi connectivity index (χ0v) is 9.81. The molecule has 0 heterocycles. The van der Waals surface area contributed by atoms with E-state index < -0.39 is 13.0 Å². The Kier molecular flexibility index (Phi) is 4.80. The summed E-state index contributed by atoms with van der Waals surface area (Å²) < 4.78 is 43.5. The minimum absolute atomic E-state index is 0.191. The molecular formula is C10H10ClF3N2O2. The van der Waals surface area contributed by atoms with Gasteiger partial charge in [-0.15, -0.1) is 13.2 Å². The van der Waals surface area contributed by atoms with Crippen LogP contribution in [0.3, 0.4) is 0 Å². The third-order valence-corrected chi connectivity index (χ3v) is 2.16. The first-order valence-corrected chi connectivity index (χ1v) is 5.15. The van der Waals surface area contributed by atoms with Crippen molar-refractivity contribution in [2.75, 3.05) is 13.2 Å². The van der Waals surface area contributed by atoms with Crippen LogP contribution in [0.5, 0.6) is 5.75 Å². The molecule has 0 unspecified atom stereocenters. The van der Waals surface area contributed by atoms with Gasteiger partial charge in [0.25, 0.3) is 0 Å². The van der Waals surface area contributed by atoms with Crippen LogP contribution >= 0.6 is 11.6 Å². The number of nitrogens with two attached hydrogens (primary N) is 1. The van der Waals surface area contributed by atoms with Gasteiger partial charge in [-0.05, 0) is 18.2 Å². The molecule has 0 bridgehead atoms. The van der Waals surface area contributed by atoms with Gasteiger partial charge in [0.15, 0.2) is 0 Å². The first-order valence-electron chi connectivity index (χ1n) is 4.77. The third-order valence-electron chi connectivity index (χ3n) is 1.85. The van der Waals surface area contributed by atoms with E-state index in [9.17, 15) is 13.2 Å². The fourth-order valence-corrected chi connectivity index (χ4v) is 1.39. The van der Waals surface area contributed by atoms with Crippen molar-refractivity contribution < 1.29 is 22.6 Å². The number of amidine groups is 1. The maximum absolute atomic E-state index is 11.7. The molecule has 0 saturated heterocycles. The Labute approximate surface area is 106 Å². The highest BCUT2D eigenvalue weighted by Gasteiger charge is 2.28. The first-order chi connectivity index (χ1) is 8.29. The van der Waals surface area contributed by atoms with Gasteiger partial charge in [-0.25, -0.2) is 0 Å². The number of hydrogen-bond donors (Lipinski definition) is 2. The number of benzene rings is 1. The number of hydrogen-bond acceptors (Lipinski definition) is 3. The average Bonchev–Trinajstić information content (AvgIpc) is 2.22. The van der Waals surface area contributed by atoms with E-state index in [-0.39, 0.29) is 23.2 Å². The topological polar surface area (TPSA) is 68.3 Å². The summed E-state index contributed by atoms with van der Waals surface area (Å²) in [5.41, 5.74) is 5.58. The van der Waals surface area contributed by atoms with Crippen molar-refractivity contribution in [3.05, 3.63) is 28.8 Å². The monoisotopic (exact) mass is 282 g/mol. The Morgan fingerprint density at radius 1 is 1.33 bits per heavy atom. The van der Waals surface area contributed by atoms with Crippen LogP contribution in [0, 0.1) is 5.41 Å². The molecule has 0 aromatic heterocycles. The molecule has 100 valence electrons. The van der Waals surface area contributed by atoms with Crippen LogP contribution in [0.25, 0.3) is 0 Å². The largest absolute Gasteiger partial charge is 0.522 e. The predicted octanol–water partition coefficient (Wildman–Crippen LogP) is 2.54. The van der Waals surface area contributed by atoms with Crippen molar-refractivity contribution in [1.82, 2.24) is 0 Å². The van der Waals surface area contributed by atoms with Crippen molar-refractivity contribution in [2.45, 2.75) is 6.36 Å². The van der Waals surface area contributed by atoms with Gasteiger partial charge in [0.2, 0.25) is 0 Å². The predicted molar refractivity (Wildman–Crippen MR) is 60.0 cm³/mol. The number of ether oxygens (including phenoxy) is 2. The van der Waals surface area contributed by atoms with Gasteiger partial charge < -0.3 is 10.5 Å². The molecule has 1 aromatic carbocycles. The smallest absolute Gasteiger partial charge is 0.491 e. The molecule has 0 spiro atoms. The lowest BCUT2D eigenvalue weighted by molar-refractivity contribution is -0.325. The van der Waals surface area contributed by atoms with Gasteiger partial charge in [0, 0.05) is 5.56 Å². The molecule has 0 saturated carbocycles. The number of alkyl halides is 3. The van der Waals surface area contributed by atoms with Crippen molar-refractivity contribution in [3.8, 4) is 5.75 Å². The molecule has 4 nitrogen and oxygen atoms in total. The maximum atomic E-state index is 11.7. The number of halogens is 4. The van der Waals surface area contributed by atoms with Crippen LogP contribution in [0.1, 0.15) is 5.56 Å². The quantitative estimate of drug-likeness (QED) is 0.495. The van der Waals surface area contributed by atoms with Crippen LogP contribution < -0.4 is 10.5 Å². The second-order valence-electron chi connectivity index (χ2n) is 3.20. The Bertz CT molecular complexity index is 438. The van der Waals surface area contributed by atoms with Crippen LogP contribution in [0.2, 0.25) is 5.02 Å². The zero-order valence-electron chi connectivity index (χ0n) is 9.05. The van der Waals surface area contributed by atoms with Crippen LogP contribution in [0.15, 0.2) is 18.2 Å². The highest BCUT2D eigenvalue weighted by atomic mass is 35.5. The second kappa shape index (κ2) is 5.92. The fourth-order valence-electron chi connectivity index (χ4n) is 1.12. The molecule has 1 aromatic rings. The Morgan fingerprint density at radius 3 is 2.50 bits per heavy atom. The summed E-state index contributed by atoms with van der Waals surface area (Å²) in [5.74, 6) is 0.0720. The van der Waals surface area contributed by atoms with Crippen molar-refractivity contribution in [1.29, 1.82) is 5.41 Å². The number of nitrogens with one attached hydrogen (secondary N) is 1. The molecule has 0 radical (unpaired) electrons. The fraction of sp³-hybridized carbons (Fsp3) is 0.300. The van der Waals surface area contributed by atoms with Gasteiger partial charge in [0.1, 0.15) is 18.2 Å². The molecule has 0 atom stereocenters. The Morgan fingerprint density at radius 2 is 2.00 bits per heavy atom. The molecule has 0 aliphatic rings. The summed E-state index contributed by atoms with van der Waals surface area (Å²) >= 11 is 5.80. The van der Waals surface area contributed by atoms with E-state index in [1.165, 1.54) is 18.2 Å². The van der Waals surface area contributed by atoms with Gasteiger partial charge in [-0.1, -0.05) is 11.6 Å². The Hall–Kier alpha value is -1.47. The lowest BCUT2D eigenvalue weighted by Crippen LogP contribution is -2.18. The molecule has 0 aliphatic heterocycles. The van der Waals surface area contributed by atoms with Gasteiger partial charge in [-0.3, -0.25) is 10.1 Å². The summed E-state index contributed by atoms with van der Waals surface area (Å²) in [6.45, 7) is -0.884. The number of rotatable bonds is 5. The zero-order chi connectivity index (χ0) is 13.8. The minimum atomic E-state index is -4.67. The van der Waals surface area contributed by atoms with Crippen molar-refractivity contribution in [2.24, 2.45) is 5.73 Å². The van der Waals surface area contributed by atoms with Crippen molar-refractivity contribution >= 4 is 17.4 Å². The minimum Gasteiger partial charge on any atom is -0.491 e. The summed E-state index contributed by atoms with van der Waals surface area (Å²) in [4.78, 5) is 0. The van der Waals surface area contributed by atoms with E-state index in [0.29, 0.717) is 5.56 Å². The molecule has 0 fully saturated rings. The van der Waals surface area contributed by atoms with E-state index >= 15 is 0 Å². The van der Waals surface area contributed by atoms with Gasteiger partial charge in [-0.2, -0.15) is 0 Å². The van der Waals surface area contributed by atoms with E-state index in [4.69, 9.17) is 27.5 Å². The lowest BCUT2D eigenvalue weighted by atomic mass is 10.2. The lowest BCUT2D eigenvalue weighted by Gasteiger charge is -2.10. The summed E-state index contributed by atoms with van der Waals surface area (Å²) in [5, 5.41) is 7.38. The van der Waals surface area contributed by atoms with Crippen molar-refractivity contribution in [3.63, 3.8) is 0 Å². The molecular weight excluding hydrogens is 273 g/mol. The average molecular weight is 283 g/mol. The van der Waals surface area contributed by atoms with Gasteiger partial charge in [0.05, 0.1) is 11.6 Å².